The molecule has 14 atom stereocenters. The lowest BCUT2D eigenvalue weighted by Crippen LogP contribution is -2.61. The fourth-order valence-electron chi connectivity index (χ4n) is 5.52. The molecule has 4 fully saturated rings. The Morgan fingerprint density at radius 3 is 2.10 bits per heavy atom. The Hall–Kier alpha value is -0.440. The zero-order valence-corrected chi connectivity index (χ0v) is 17.1. The average Bonchev–Trinajstić information content (AvgIpc) is 2.72. The van der Waals surface area contributed by atoms with E-state index in [1.165, 1.54) is 0 Å². The number of hydrogen-bond donors (Lipinski definition) is 8. The van der Waals surface area contributed by atoms with Gasteiger partial charge in [0, 0.05) is 5.92 Å². The maximum atomic E-state index is 10.5. The van der Waals surface area contributed by atoms with Crippen LogP contribution >= 0.6 is 0 Å². The molecule has 11 heteroatoms. The summed E-state index contributed by atoms with van der Waals surface area (Å²) in [6.45, 7) is 0. The van der Waals surface area contributed by atoms with Gasteiger partial charge in [0.15, 0.2) is 12.6 Å². The molecule has 0 spiro atoms. The van der Waals surface area contributed by atoms with Crippen LogP contribution in [-0.2, 0) is 14.2 Å². The maximum absolute atomic E-state index is 10.5. The van der Waals surface area contributed by atoms with Gasteiger partial charge in [-0.2, -0.15) is 0 Å². The van der Waals surface area contributed by atoms with Crippen molar-refractivity contribution in [1.29, 1.82) is 0 Å². The Morgan fingerprint density at radius 1 is 0.645 bits per heavy atom. The minimum absolute atomic E-state index is 0.193. The second-order valence-corrected chi connectivity index (χ2v) is 9.48. The Morgan fingerprint density at radius 2 is 1.39 bits per heavy atom. The molecule has 31 heavy (non-hydrogen) atoms. The summed E-state index contributed by atoms with van der Waals surface area (Å²) in [4.78, 5) is 0. The van der Waals surface area contributed by atoms with Crippen molar-refractivity contribution >= 4 is 0 Å². The number of fused-ring (bicyclic) bond motifs is 1. The van der Waals surface area contributed by atoms with E-state index in [4.69, 9.17) is 14.2 Å². The molecule has 11 nitrogen and oxygen atoms in total. The fourth-order valence-corrected chi connectivity index (χ4v) is 5.52. The summed E-state index contributed by atoms with van der Waals surface area (Å²) in [5.41, 5.74) is 0. The van der Waals surface area contributed by atoms with E-state index in [-0.39, 0.29) is 24.7 Å². The molecule has 8 N–H and O–H groups in total. The lowest BCUT2D eigenvalue weighted by Gasteiger charge is -2.51. The first-order valence-corrected chi connectivity index (χ1v) is 11.1. The SMILES string of the molecule is OC1CC(O)C2CC(O[C@@H]3O[C@H](O)[C@@H](O)[C@H](O)[C@H]3O)C(C3CCC(O)C(O)C3)OC2C1. The van der Waals surface area contributed by atoms with E-state index in [2.05, 4.69) is 0 Å². The Kier molecular flexibility index (Phi) is 7.21. The maximum Gasteiger partial charge on any atom is 0.189 e. The third-order valence-corrected chi connectivity index (χ3v) is 7.33. The van der Waals surface area contributed by atoms with Crippen molar-refractivity contribution in [3.8, 4) is 0 Å². The minimum Gasteiger partial charge on any atom is -0.393 e. The lowest BCUT2D eigenvalue weighted by atomic mass is 9.72. The zero-order chi connectivity index (χ0) is 22.4. The summed E-state index contributed by atoms with van der Waals surface area (Å²) in [5.74, 6) is -0.522. The second kappa shape index (κ2) is 9.43. The first-order valence-electron chi connectivity index (χ1n) is 11.1. The molecule has 180 valence electrons. The zero-order valence-electron chi connectivity index (χ0n) is 17.1. The van der Waals surface area contributed by atoms with Crippen LogP contribution in [-0.4, -0.2) is 114 Å². The van der Waals surface area contributed by atoms with Crippen LogP contribution in [0.5, 0.6) is 0 Å². The van der Waals surface area contributed by atoms with Gasteiger partial charge in [-0.1, -0.05) is 0 Å². The molecule has 0 amide bonds. The standard InChI is InChI=1S/C20H34O11/c21-8-4-11(23)9-6-14(30-20-17(27)15(25)16(26)19(28)31-20)18(29-13(9)5-8)7-1-2-10(22)12(24)3-7/h7-28H,1-6H2/t7?,8?,9?,10?,11?,12?,13?,14?,15-,16-,17+,18?,19-,20+/m0/s1. The van der Waals surface area contributed by atoms with Gasteiger partial charge in [-0.3, -0.25) is 0 Å². The number of aliphatic hydroxyl groups is 8. The van der Waals surface area contributed by atoms with Crippen molar-refractivity contribution in [2.45, 2.75) is 112 Å². The van der Waals surface area contributed by atoms with Gasteiger partial charge in [0.2, 0.25) is 0 Å². The molecule has 4 rings (SSSR count). The van der Waals surface area contributed by atoms with E-state index in [1.54, 1.807) is 0 Å². The van der Waals surface area contributed by atoms with E-state index < -0.39 is 73.6 Å². The summed E-state index contributed by atoms with van der Waals surface area (Å²) >= 11 is 0. The molecular weight excluding hydrogens is 416 g/mol. The minimum atomic E-state index is -1.75. The van der Waals surface area contributed by atoms with Gasteiger partial charge in [-0.15, -0.1) is 0 Å². The van der Waals surface area contributed by atoms with Crippen molar-refractivity contribution < 1.29 is 55.1 Å². The Balaban J connectivity index is 1.53. The highest BCUT2D eigenvalue weighted by atomic mass is 16.8. The second-order valence-electron chi connectivity index (χ2n) is 9.48. The van der Waals surface area contributed by atoms with Gasteiger partial charge in [0.25, 0.3) is 0 Å². The van der Waals surface area contributed by atoms with Crippen molar-refractivity contribution in [3.05, 3.63) is 0 Å². The predicted molar refractivity (Wildman–Crippen MR) is 101 cm³/mol. The van der Waals surface area contributed by atoms with Gasteiger partial charge in [0.05, 0.1) is 42.7 Å². The van der Waals surface area contributed by atoms with Crippen LogP contribution in [0.15, 0.2) is 0 Å². The molecule has 4 aliphatic rings. The third kappa shape index (κ3) is 4.78. The number of ether oxygens (including phenoxy) is 3. The molecule has 2 aliphatic carbocycles. The normalized spacial score (nSPS) is 56.1. The van der Waals surface area contributed by atoms with Gasteiger partial charge in [-0.25, -0.2) is 0 Å². The molecule has 2 saturated heterocycles. The van der Waals surface area contributed by atoms with Crippen LogP contribution in [0.2, 0.25) is 0 Å². The average molecular weight is 450 g/mol. The van der Waals surface area contributed by atoms with E-state index >= 15 is 0 Å². The smallest absolute Gasteiger partial charge is 0.189 e. The van der Waals surface area contributed by atoms with Crippen LogP contribution in [0.25, 0.3) is 0 Å². The topological polar surface area (TPSA) is 190 Å². The Labute approximate surface area is 179 Å². The summed E-state index contributed by atoms with van der Waals surface area (Å²) in [6, 6.07) is 0. The highest BCUT2D eigenvalue weighted by Crippen LogP contribution is 2.43. The van der Waals surface area contributed by atoms with Crippen LogP contribution < -0.4 is 0 Å². The van der Waals surface area contributed by atoms with Gasteiger partial charge < -0.3 is 55.1 Å². The quantitative estimate of drug-likeness (QED) is 0.218. The predicted octanol–water partition coefficient (Wildman–Crippen LogP) is -3.06. The molecule has 9 unspecified atom stereocenters. The number of hydrogen-bond acceptors (Lipinski definition) is 11. The largest absolute Gasteiger partial charge is 0.393 e. The summed E-state index contributed by atoms with van der Waals surface area (Å²) in [5, 5.41) is 80.3. The fraction of sp³-hybridized carbons (Fsp3) is 1.00. The molecule has 2 heterocycles. The number of aliphatic hydroxyl groups excluding tert-OH is 8. The van der Waals surface area contributed by atoms with E-state index in [0.29, 0.717) is 25.7 Å². The van der Waals surface area contributed by atoms with E-state index in [1.807, 2.05) is 0 Å². The third-order valence-electron chi connectivity index (χ3n) is 7.33. The summed E-state index contributed by atoms with van der Waals surface area (Å²) in [7, 11) is 0. The molecule has 2 saturated carbocycles. The molecular formula is C20H34O11. The monoisotopic (exact) mass is 450 g/mol. The van der Waals surface area contributed by atoms with Crippen LogP contribution in [0.4, 0.5) is 0 Å². The summed E-state index contributed by atoms with van der Waals surface area (Å²) in [6.07, 6.45) is -11.0. The molecule has 0 aromatic heterocycles. The van der Waals surface area contributed by atoms with Crippen LogP contribution in [0, 0.1) is 11.8 Å². The Bertz CT molecular complexity index is 608. The van der Waals surface area contributed by atoms with Gasteiger partial charge >= 0.3 is 0 Å². The van der Waals surface area contributed by atoms with Crippen LogP contribution in [0.3, 0.4) is 0 Å². The van der Waals surface area contributed by atoms with E-state index in [9.17, 15) is 40.9 Å². The molecule has 0 radical (unpaired) electrons. The van der Waals surface area contributed by atoms with Gasteiger partial charge in [-0.05, 0) is 44.4 Å². The van der Waals surface area contributed by atoms with Crippen LogP contribution in [0.1, 0.15) is 38.5 Å². The van der Waals surface area contributed by atoms with Crippen molar-refractivity contribution in [3.63, 3.8) is 0 Å². The van der Waals surface area contributed by atoms with Crippen molar-refractivity contribution in [1.82, 2.24) is 0 Å². The van der Waals surface area contributed by atoms with E-state index in [0.717, 1.165) is 0 Å². The molecule has 0 aromatic rings. The van der Waals surface area contributed by atoms with Crippen molar-refractivity contribution in [2.75, 3.05) is 0 Å². The number of rotatable bonds is 3. The molecule has 0 bridgehead atoms. The first-order chi connectivity index (χ1) is 14.7. The van der Waals surface area contributed by atoms with Crippen molar-refractivity contribution in [2.24, 2.45) is 11.8 Å². The van der Waals surface area contributed by atoms with Gasteiger partial charge in [0.1, 0.15) is 18.3 Å². The first kappa shape index (κ1) is 23.7. The highest BCUT2D eigenvalue weighted by molar-refractivity contribution is 4.98. The molecule has 2 aliphatic heterocycles. The molecule has 0 aromatic carbocycles. The lowest BCUT2D eigenvalue weighted by molar-refractivity contribution is -0.361. The highest BCUT2D eigenvalue weighted by Gasteiger charge is 2.51. The summed E-state index contributed by atoms with van der Waals surface area (Å²) < 4.78 is 17.4.